The van der Waals surface area contributed by atoms with Crippen molar-refractivity contribution in [3.05, 3.63) is 77.1 Å². The summed E-state index contributed by atoms with van der Waals surface area (Å²) < 4.78 is 46.8. The van der Waals surface area contributed by atoms with E-state index in [9.17, 15) is 24.3 Å². The molecule has 0 radical (unpaired) electrons. The maximum absolute atomic E-state index is 17.3. The minimum absolute atomic E-state index is 0.00973. The number of imide groups is 1. The molecule has 4 saturated heterocycles. The molecule has 3 aromatic heterocycles. The van der Waals surface area contributed by atoms with Crippen molar-refractivity contribution in [1.82, 2.24) is 39.8 Å². The number of rotatable bonds is 14. The molecule has 11 rings (SSSR count). The van der Waals surface area contributed by atoms with Crippen molar-refractivity contribution < 1.29 is 42.5 Å². The minimum atomic E-state index is -0.744. The molecule has 75 heavy (non-hydrogen) atoms. The van der Waals surface area contributed by atoms with E-state index in [4.69, 9.17) is 19.6 Å². The molecule has 2 N–H and O–H groups in total. The first-order chi connectivity index (χ1) is 35.9. The first kappa shape index (κ1) is 50.3. The number of aryl methyl sites for hydroxylation is 2. The fraction of sp³-hybridized carbons (Fsp3) is 0.509. The predicted molar refractivity (Wildman–Crippen MR) is 278 cm³/mol. The summed E-state index contributed by atoms with van der Waals surface area (Å²) in [4.78, 5) is 72.1. The van der Waals surface area contributed by atoms with Crippen LogP contribution in [-0.4, -0.2) is 122 Å². The number of hydrogen-bond donors (Lipinski definition) is 2. The van der Waals surface area contributed by atoms with Gasteiger partial charge in [0, 0.05) is 95.1 Å². The lowest BCUT2D eigenvalue weighted by Gasteiger charge is -2.48. The molecule has 6 aromatic rings. The number of anilines is 1. The number of phenols is 1. The number of likely N-dealkylation sites (tertiary alicyclic amines) is 1. The summed E-state index contributed by atoms with van der Waals surface area (Å²) in [6, 6.07) is 12.1. The van der Waals surface area contributed by atoms with Gasteiger partial charge in [-0.1, -0.05) is 39.0 Å². The molecule has 4 aliphatic heterocycles. The molecule has 1 spiro atoms. The number of nitrogens with zero attached hydrogens (tertiary/aromatic N) is 8. The van der Waals surface area contributed by atoms with E-state index in [2.05, 4.69) is 32.3 Å². The topological polar surface area (TPSA) is 185 Å². The Morgan fingerprint density at radius 2 is 1.77 bits per heavy atom. The van der Waals surface area contributed by atoms with E-state index in [1.54, 1.807) is 28.9 Å². The van der Waals surface area contributed by atoms with Crippen LogP contribution in [0.3, 0.4) is 0 Å². The third-order valence-electron chi connectivity index (χ3n) is 16.7. The molecule has 3 aromatic carbocycles. The van der Waals surface area contributed by atoms with Gasteiger partial charge in [0.2, 0.25) is 23.6 Å². The maximum atomic E-state index is 17.3. The first-order valence-electron chi connectivity index (χ1n) is 26.6. The van der Waals surface area contributed by atoms with Crippen LogP contribution < -0.4 is 15.0 Å². The van der Waals surface area contributed by atoms with Crippen molar-refractivity contribution in [3.8, 4) is 23.0 Å². The van der Waals surface area contributed by atoms with E-state index < -0.39 is 23.0 Å². The van der Waals surface area contributed by atoms with Gasteiger partial charge >= 0.3 is 6.01 Å². The van der Waals surface area contributed by atoms with Gasteiger partial charge in [0.15, 0.2) is 5.82 Å². The van der Waals surface area contributed by atoms with Gasteiger partial charge in [0.1, 0.15) is 28.6 Å². The van der Waals surface area contributed by atoms with Crippen LogP contribution in [0.15, 0.2) is 48.7 Å². The number of pyridine rings is 1. The lowest BCUT2D eigenvalue weighted by Crippen LogP contribution is -2.56. The number of halogens is 2. The number of carbonyl (C=O) groups is 4. The third-order valence-corrected chi connectivity index (χ3v) is 16.7. The SMILES string of the molecule is CCc1c(F)ccc2cc(O)cc(-c3ncc4c(N5CCCC6(CCO6)C5)nc(OCC5(CN(C)C(=O)CC(C)(C)CC(=O)N6CCC(c7ccc8c(C9CCC(=O)NC9=O)nn(C)c8c7)CC6)CC5)nc4c3F)c12. The number of aromatic nitrogens is 5. The van der Waals surface area contributed by atoms with E-state index in [1.165, 1.54) is 18.2 Å². The highest BCUT2D eigenvalue weighted by Gasteiger charge is 2.47. The molecule has 394 valence electrons. The summed E-state index contributed by atoms with van der Waals surface area (Å²) in [5.74, 6) is -1.62. The van der Waals surface area contributed by atoms with Crippen molar-refractivity contribution in [2.45, 2.75) is 115 Å². The molecule has 0 bridgehead atoms. The molecule has 16 nitrogen and oxygen atoms in total. The highest BCUT2D eigenvalue weighted by Crippen LogP contribution is 2.48. The Bertz CT molecular complexity index is 3290. The van der Waals surface area contributed by atoms with Crippen LogP contribution in [0.1, 0.15) is 120 Å². The summed E-state index contributed by atoms with van der Waals surface area (Å²) >= 11 is 0. The highest BCUT2D eigenvalue weighted by molar-refractivity contribution is 6.03. The van der Waals surface area contributed by atoms with Crippen molar-refractivity contribution >= 4 is 62.0 Å². The summed E-state index contributed by atoms with van der Waals surface area (Å²) in [5, 5.41) is 20.2. The van der Waals surface area contributed by atoms with Gasteiger partial charge in [-0.3, -0.25) is 34.2 Å². The summed E-state index contributed by atoms with van der Waals surface area (Å²) in [7, 11) is 3.65. The highest BCUT2D eigenvalue weighted by atomic mass is 19.1. The number of benzene rings is 3. The zero-order valence-electron chi connectivity index (χ0n) is 43.4. The van der Waals surface area contributed by atoms with Gasteiger partial charge in [-0.2, -0.15) is 15.1 Å². The molecule has 4 amide bonds. The molecule has 5 fully saturated rings. The van der Waals surface area contributed by atoms with Crippen LogP contribution in [0, 0.1) is 22.5 Å². The van der Waals surface area contributed by atoms with E-state index >= 15 is 8.78 Å². The second-order valence-electron chi connectivity index (χ2n) is 22.8. The monoisotopic (exact) mass is 1030 g/mol. The molecule has 1 aliphatic carbocycles. The fourth-order valence-electron chi connectivity index (χ4n) is 12.2. The lowest BCUT2D eigenvalue weighted by molar-refractivity contribution is -0.151. The number of phenolic OH excluding ortho intramolecular Hbond substituents is 1. The Morgan fingerprint density at radius 3 is 2.49 bits per heavy atom. The Morgan fingerprint density at radius 1 is 0.987 bits per heavy atom. The number of hydrogen-bond acceptors (Lipinski definition) is 12. The second-order valence-corrected chi connectivity index (χ2v) is 22.8. The van der Waals surface area contributed by atoms with Gasteiger partial charge in [0.25, 0.3) is 0 Å². The molecule has 7 heterocycles. The zero-order valence-corrected chi connectivity index (χ0v) is 43.4. The molecule has 18 heteroatoms. The molecule has 2 atom stereocenters. The van der Waals surface area contributed by atoms with Crippen molar-refractivity contribution in [3.63, 3.8) is 0 Å². The quantitative estimate of drug-likeness (QED) is 0.0995. The fourth-order valence-corrected chi connectivity index (χ4v) is 12.2. The van der Waals surface area contributed by atoms with Crippen LogP contribution in [0.2, 0.25) is 0 Å². The molecule has 1 saturated carbocycles. The van der Waals surface area contributed by atoms with Gasteiger partial charge in [0.05, 0.1) is 41.3 Å². The van der Waals surface area contributed by atoms with E-state index in [0.717, 1.165) is 61.4 Å². The second kappa shape index (κ2) is 19.4. The van der Waals surface area contributed by atoms with Crippen LogP contribution in [-0.2, 0) is 37.4 Å². The molecule has 5 aliphatic rings. The lowest BCUT2D eigenvalue weighted by atomic mass is 9.83. The van der Waals surface area contributed by atoms with E-state index in [1.807, 2.05) is 38.8 Å². The maximum Gasteiger partial charge on any atom is 0.319 e. The van der Waals surface area contributed by atoms with Gasteiger partial charge in [-0.05, 0) is 109 Å². The Balaban J connectivity index is 0.742. The Hall–Kier alpha value is -6.82. The number of aromatic hydroxyl groups is 1. The third kappa shape index (κ3) is 9.74. The summed E-state index contributed by atoms with van der Waals surface area (Å²) in [6.45, 7) is 9.50. The zero-order chi connectivity index (χ0) is 52.6. The standard InChI is InChI=1S/C57H65F2N9O7/c1-6-37-42(58)12-9-35-24-36(69)26-40(47(35)37)50-48(59)51-41(29-60-50)52(68-20-7-16-57(31-68)19-23-75-57)63-54(62-51)74-32-56(17-18-56)30-65(4)45(71)27-55(2,3)28-46(72)67-21-14-33(15-22-67)34-8-10-38-43(25-34)66(5)64-49(38)39-11-13-44(70)61-53(39)73/h8-10,12,24-26,29,33,39,69H,6-7,11,13-23,27-28,30-32H2,1-5H3,(H,61,70,73). The largest absolute Gasteiger partial charge is 0.508 e. The number of fused-ring (bicyclic) bond motifs is 3. The Labute approximate surface area is 434 Å². The minimum Gasteiger partial charge on any atom is -0.508 e. The molecule has 2 unspecified atom stereocenters. The number of carbonyl (C=O) groups excluding carboxylic acids is 4. The van der Waals surface area contributed by atoms with E-state index in [-0.39, 0.29) is 95.0 Å². The van der Waals surface area contributed by atoms with Crippen molar-refractivity contribution in [1.29, 1.82) is 0 Å². The number of amides is 4. The summed E-state index contributed by atoms with van der Waals surface area (Å²) in [5.41, 5.74) is 2.06. The summed E-state index contributed by atoms with van der Waals surface area (Å²) in [6.07, 6.45) is 8.92. The van der Waals surface area contributed by atoms with Crippen LogP contribution >= 0.6 is 0 Å². The normalized spacial score (nSPS) is 21.0. The van der Waals surface area contributed by atoms with Gasteiger partial charge in [-0.25, -0.2) is 8.78 Å². The van der Waals surface area contributed by atoms with Crippen molar-refractivity contribution in [2.75, 3.05) is 57.9 Å². The molecular formula is C57H65F2N9O7. The average molecular weight is 1030 g/mol. The van der Waals surface area contributed by atoms with Crippen LogP contribution in [0.4, 0.5) is 14.6 Å². The Kier molecular flexibility index (Phi) is 13.0. The van der Waals surface area contributed by atoms with Crippen molar-refractivity contribution in [2.24, 2.45) is 17.9 Å². The molecular weight excluding hydrogens is 961 g/mol. The van der Waals surface area contributed by atoms with Crippen LogP contribution in [0.5, 0.6) is 11.8 Å². The van der Waals surface area contributed by atoms with Gasteiger partial charge in [-0.15, -0.1) is 0 Å². The van der Waals surface area contributed by atoms with Gasteiger partial charge < -0.3 is 29.3 Å². The number of ether oxygens (including phenoxy) is 2. The first-order valence-corrected chi connectivity index (χ1v) is 26.6. The van der Waals surface area contributed by atoms with Crippen LogP contribution in [0.25, 0.3) is 43.8 Å². The predicted octanol–water partition coefficient (Wildman–Crippen LogP) is 8.39. The smallest absolute Gasteiger partial charge is 0.319 e. The number of piperidine rings is 3. The van der Waals surface area contributed by atoms with E-state index in [0.29, 0.717) is 85.4 Å². The number of nitrogens with one attached hydrogen (secondary N) is 1. The average Bonchev–Trinajstić information content (AvgIpc) is 4.07.